The van der Waals surface area contributed by atoms with E-state index in [1.807, 2.05) is 0 Å². The van der Waals surface area contributed by atoms with Gasteiger partial charge in [0.05, 0.1) is 6.54 Å². The molecule has 1 fully saturated rings. The first-order chi connectivity index (χ1) is 4.75. The van der Waals surface area contributed by atoms with Crippen molar-refractivity contribution in [3.8, 4) is 0 Å². The van der Waals surface area contributed by atoms with Gasteiger partial charge in [-0.25, -0.2) is 4.39 Å². The maximum atomic E-state index is 11.6. The molecule has 0 saturated carbocycles. The number of carbonyl (C=O) groups is 2. The first kappa shape index (κ1) is 7.18. The normalized spacial score (nSPS) is 18.7. The molecule has 3 nitrogen and oxygen atoms in total. The second kappa shape index (κ2) is 2.77. The van der Waals surface area contributed by atoms with Gasteiger partial charge in [-0.05, 0) is 0 Å². The van der Waals surface area contributed by atoms with Crippen molar-refractivity contribution in [1.82, 2.24) is 4.90 Å². The average molecular weight is 145 g/mol. The van der Waals surface area contributed by atoms with Crippen molar-refractivity contribution in [3.05, 3.63) is 0 Å². The molecule has 1 rings (SSSR count). The molecule has 0 spiro atoms. The Morgan fingerprint density at radius 3 is 2.20 bits per heavy atom. The molecule has 4 heteroatoms. The monoisotopic (exact) mass is 145 g/mol. The van der Waals surface area contributed by atoms with Crippen LogP contribution in [0.2, 0.25) is 0 Å². The molecule has 0 bridgehead atoms. The van der Waals surface area contributed by atoms with E-state index in [4.69, 9.17) is 0 Å². The van der Waals surface area contributed by atoms with Crippen LogP contribution in [-0.4, -0.2) is 29.9 Å². The van der Waals surface area contributed by atoms with Crippen LogP contribution in [-0.2, 0) is 9.59 Å². The number of imide groups is 1. The lowest BCUT2D eigenvalue weighted by molar-refractivity contribution is -0.138. The van der Waals surface area contributed by atoms with Gasteiger partial charge in [0.1, 0.15) is 6.67 Å². The molecule has 1 aliphatic rings. The first-order valence-electron chi connectivity index (χ1n) is 3.15. The molecule has 0 aromatic carbocycles. The van der Waals surface area contributed by atoms with Gasteiger partial charge in [0, 0.05) is 12.8 Å². The van der Waals surface area contributed by atoms with Gasteiger partial charge in [-0.2, -0.15) is 0 Å². The van der Waals surface area contributed by atoms with E-state index in [1.165, 1.54) is 0 Å². The van der Waals surface area contributed by atoms with Crippen LogP contribution in [0.25, 0.3) is 0 Å². The SMILES string of the molecule is O=C1CCC(=O)N1CCF. The lowest BCUT2D eigenvalue weighted by Crippen LogP contribution is -2.30. The third kappa shape index (κ3) is 1.15. The van der Waals surface area contributed by atoms with Gasteiger partial charge < -0.3 is 0 Å². The highest BCUT2D eigenvalue weighted by atomic mass is 19.1. The summed E-state index contributed by atoms with van der Waals surface area (Å²) in [5, 5.41) is 0. The largest absolute Gasteiger partial charge is 0.280 e. The minimum Gasteiger partial charge on any atom is -0.280 e. The topological polar surface area (TPSA) is 37.4 Å². The summed E-state index contributed by atoms with van der Waals surface area (Å²) in [6, 6.07) is 0. The van der Waals surface area contributed by atoms with Crippen LogP contribution in [0.5, 0.6) is 0 Å². The van der Waals surface area contributed by atoms with Crippen LogP contribution in [0.15, 0.2) is 0 Å². The van der Waals surface area contributed by atoms with Crippen molar-refractivity contribution >= 4 is 11.8 Å². The highest BCUT2D eigenvalue weighted by Gasteiger charge is 2.27. The van der Waals surface area contributed by atoms with Gasteiger partial charge in [0.2, 0.25) is 11.8 Å². The Morgan fingerprint density at radius 1 is 1.30 bits per heavy atom. The van der Waals surface area contributed by atoms with Gasteiger partial charge >= 0.3 is 0 Å². The molecule has 10 heavy (non-hydrogen) atoms. The molecule has 0 aromatic heterocycles. The molecule has 1 saturated heterocycles. The second-order valence-electron chi connectivity index (χ2n) is 2.13. The Kier molecular flexibility index (Phi) is 1.99. The summed E-state index contributed by atoms with van der Waals surface area (Å²) in [6.45, 7) is -0.713. The van der Waals surface area contributed by atoms with Crippen molar-refractivity contribution in [1.29, 1.82) is 0 Å². The van der Waals surface area contributed by atoms with Gasteiger partial charge in [-0.1, -0.05) is 0 Å². The number of nitrogens with zero attached hydrogens (tertiary/aromatic N) is 1. The third-order valence-corrected chi connectivity index (χ3v) is 1.46. The lowest BCUT2D eigenvalue weighted by atomic mass is 10.4. The minimum atomic E-state index is -0.641. The Labute approximate surface area is 57.8 Å². The van der Waals surface area contributed by atoms with Crippen LogP contribution in [0.3, 0.4) is 0 Å². The highest BCUT2D eigenvalue weighted by molar-refractivity contribution is 6.01. The Hall–Kier alpha value is -0.930. The predicted octanol–water partition coefficient (Wildman–Crippen LogP) is 0.105. The van der Waals surface area contributed by atoms with E-state index in [2.05, 4.69) is 0 Å². The van der Waals surface area contributed by atoms with Crippen molar-refractivity contribution in [2.24, 2.45) is 0 Å². The van der Waals surface area contributed by atoms with Crippen molar-refractivity contribution < 1.29 is 14.0 Å². The summed E-state index contributed by atoms with van der Waals surface area (Å²) in [7, 11) is 0. The number of amides is 2. The molecular formula is C6H8FNO2. The van der Waals surface area contributed by atoms with Crippen molar-refractivity contribution in [2.45, 2.75) is 12.8 Å². The summed E-state index contributed by atoms with van der Waals surface area (Å²) >= 11 is 0. The minimum absolute atomic E-state index is 0.0718. The molecular weight excluding hydrogens is 137 g/mol. The van der Waals surface area contributed by atoms with Crippen LogP contribution < -0.4 is 0 Å². The number of hydrogen-bond acceptors (Lipinski definition) is 2. The zero-order valence-corrected chi connectivity index (χ0v) is 5.47. The number of likely N-dealkylation sites (tertiary alicyclic amines) is 1. The van der Waals surface area contributed by atoms with E-state index in [9.17, 15) is 14.0 Å². The summed E-state index contributed by atoms with van der Waals surface area (Å²) < 4.78 is 11.6. The Morgan fingerprint density at radius 2 is 1.80 bits per heavy atom. The van der Waals surface area contributed by atoms with Crippen molar-refractivity contribution in [3.63, 3.8) is 0 Å². The Balaban J connectivity index is 2.54. The van der Waals surface area contributed by atoms with Gasteiger partial charge in [-0.15, -0.1) is 0 Å². The number of alkyl halides is 1. The van der Waals surface area contributed by atoms with E-state index in [0.29, 0.717) is 0 Å². The maximum absolute atomic E-state index is 11.6. The fourth-order valence-corrected chi connectivity index (χ4v) is 0.957. The standard InChI is InChI=1S/C6H8FNO2/c7-3-4-8-5(9)1-2-6(8)10/h1-4H2. The van der Waals surface area contributed by atoms with Crippen LogP contribution in [0, 0.1) is 0 Å². The first-order valence-corrected chi connectivity index (χ1v) is 3.15. The number of rotatable bonds is 2. The third-order valence-electron chi connectivity index (χ3n) is 1.46. The molecule has 56 valence electrons. The van der Waals surface area contributed by atoms with E-state index in [-0.39, 0.29) is 31.2 Å². The maximum Gasteiger partial charge on any atom is 0.229 e. The zero-order valence-electron chi connectivity index (χ0n) is 5.47. The van der Waals surface area contributed by atoms with Gasteiger partial charge in [0.15, 0.2) is 0 Å². The predicted molar refractivity (Wildman–Crippen MR) is 31.9 cm³/mol. The summed E-state index contributed by atoms with van der Waals surface area (Å²) in [6.07, 6.45) is 0.498. The Bertz CT molecular complexity index is 153. The fraction of sp³-hybridized carbons (Fsp3) is 0.667. The molecule has 2 amide bonds. The molecule has 0 atom stereocenters. The van der Waals surface area contributed by atoms with E-state index >= 15 is 0 Å². The van der Waals surface area contributed by atoms with Crippen LogP contribution >= 0.6 is 0 Å². The molecule has 0 radical (unpaired) electrons. The lowest BCUT2D eigenvalue weighted by Gasteiger charge is -2.09. The van der Waals surface area contributed by atoms with E-state index < -0.39 is 6.67 Å². The molecule has 0 aliphatic carbocycles. The number of hydrogen-bond donors (Lipinski definition) is 0. The molecule has 0 aromatic rings. The molecule has 1 aliphatic heterocycles. The van der Waals surface area contributed by atoms with Crippen LogP contribution in [0.4, 0.5) is 4.39 Å². The second-order valence-corrected chi connectivity index (χ2v) is 2.13. The summed E-state index contributed by atoms with van der Waals surface area (Å²) in [5.74, 6) is -0.495. The zero-order chi connectivity index (χ0) is 7.56. The highest BCUT2D eigenvalue weighted by Crippen LogP contribution is 2.10. The van der Waals surface area contributed by atoms with E-state index in [1.54, 1.807) is 0 Å². The number of carbonyl (C=O) groups excluding carboxylic acids is 2. The van der Waals surface area contributed by atoms with Gasteiger partial charge in [-0.3, -0.25) is 14.5 Å². The van der Waals surface area contributed by atoms with Crippen molar-refractivity contribution in [2.75, 3.05) is 13.2 Å². The molecule has 1 heterocycles. The average Bonchev–Trinajstić information content (AvgIpc) is 2.20. The summed E-state index contributed by atoms with van der Waals surface area (Å²) in [4.78, 5) is 22.4. The van der Waals surface area contributed by atoms with Gasteiger partial charge in [0.25, 0.3) is 0 Å². The number of halogens is 1. The molecule has 0 unspecified atom stereocenters. The smallest absolute Gasteiger partial charge is 0.229 e. The van der Waals surface area contributed by atoms with E-state index in [0.717, 1.165) is 4.90 Å². The molecule has 0 N–H and O–H groups in total. The quantitative estimate of drug-likeness (QED) is 0.517. The summed E-state index contributed by atoms with van der Waals surface area (Å²) in [5.41, 5.74) is 0. The fourth-order valence-electron chi connectivity index (χ4n) is 0.957. The van der Waals surface area contributed by atoms with Crippen LogP contribution in [0.1, 0.15) is 12.8 Å².